The Morgan fingerprint density at radius 1 is 1.35 bits per heavy atom. The second-order valence-electron chi connectivity index (χ2n) is 5.14. The molecule has 20 heavy (non-hydrogen) atoms. The molecule has 0 aromatic heterocycles. The Balaban J connectivity index is 2.92. The van der Waals surface area contributed by atoms with Crippen LogP contribution in [-0.4, -0.2) is 29.1 Å². The van der Waals surface area contributed by atoms with Crippen LogP contribution in [0, 0.1) is 5.92 Å². The van der Waals surface area contributed by atoms with Crippen molar-refractivity contribution in [2.24, 2.45) is 5.92 Å². The van der Waals surface area contributed by atoms with Gasteiger partial charge in [0.1, 0.15) is 0 Å². The van der Waals surface area contributed by atoms with Crippen LogP contribution in [0.1, 0.15) is 32.8 Å². The first-order chi connectivity index (χ1) is 9.56. The smallest absolute Gasteiger partial charge is 0.329 e. The Morgan fingerprint density at radius 3 is 2.50 bits per heavy atom. The summed E-state index contributed by atoms with van der Waals surface area (Å²) >= 11 is 1.71. The first kappa shape index (κ1) is 17.1. The van der Waals surface area contributed by atoms with E-state index in [2.05, 4.69) is 19.2 Å². The molecule has 1 aromatic carbocycles. The van der Waals surface area contributed by atoms with Crippen LogP contribution in [0.4, 0.5) is 0 Å². The molecule has 0 saturated heterocycles. The summed E-state index contributed by atoms with van der Waals surface area (Å²) in [4.78, 5) is 11.9. The second kappa shape index (κ2) is 8.32. The van der Waals surface area contributed by atoms with Crippen LogP contribution in [0.15, 0.2) is 30.3 Å². The van der Waals surface area contributed by atoms with Gasteiger partial charge in [-0.1, -0.05) is 57.5 Å². The second-order valence-corrected chi connectivity index (χ2v) is 6.17. The highest BCUT2D eigenvalue weighted by Crippen LogP contribution is 2.27. The molecule has 0 amide bonds. The van der Waals surface area contributed by atoms with Crippen molar-refractivity contribution in [2.75, 3.05) is 18.1 Å². The van der Waals surface area contributed by atoms with E-state index in [0.717, 1.165) is 17.7 Å². The topological polar surface area (TPSA) is 49.3 Å². The SMILES string of the molecule is CCNC(CSCC(C)CC)(C(=O)O)c1ccccc1. The van der Waals surface area contributed by atoms with Gasteiger partial charge in [0, 0.05) is 5.75 Å². The molecule has 3 nitrogen and oxygen atoms in total. The molecule has 0 aliphatic heterocycles. The van der Waals surface area contributed by atoms with Crippen molar-refractivity contribution in [1.29, 1.82) is 0 Å². The van der Waals surface area contributed by atoms with Gasteiger partial charge in [-0.3, -0.25) is 5.32 Å². The van der Waals surface area contributed by atoms with Crippen LogP contribution < -0.4 is 5.32 Å². The number of nitrogens with one attached hydrogen (secondary N) is 1. The van der Waals surface area contributed by atoms with E-state index < -0.39 is 11.5 Å². The Bertz CT molecular complexity index is 410. The predicted molar refractivity (Wildman–Crippen MR) is 86.2 cm³/mol. The third-order valence-electron chi connectivity index (χ3n) is 3.53. The average Bonchev–Trinajstić information content (AvgIpc) is 2.46. The molecule has 0 bridgehead atoms. The van der Waals surface area contributed by atoms with Gasteiger partial charge in [0.25, 0.3) is 0 Å². The number of hydrogen-bond donors (Lipinski definition) is 2. The Hall–Kier alpha value is -1.00. The minimum atomic E-state index is -0.992. The van der Waals surface area contributed by atoms with Crippen molar-refractivity contribution in [3.63, 3.8) is 0 Å². The van der Waals surface area contributed by atoms with E-state index in [0.29, 0.717) is 18.2 Å². The molecule has 2 unspecified atom stereocenters. The number of rotatable bonds is 9. The van der Waals surface area contributed by atoms with E-state index in [1.165, 1.54) is 0 Å². The molecule has 0 fully saturated rings. The van der Waals surface area contributed by atoms with Gasteiger partial charge in [-0.25, -0.2) is 4.79 Å². The Kier molecular flexibility index (Phi) is 7.10. The van der Waals surface area contributed by atoms with Crippen LogP contribution in [0.5, 0.6) is 0 Å². The quantitative estimate of drug-likeness (QED) is 0.733. The average molecular weight is 295 g/mol. The zero-order chi connectivity index (χ0) is 15.0. The number of carbonyl (C=O) groups is 1. The van der Waals surface area contributed by atoms with Gasteiger partial charge in [-0.05, 0) is 23.8 Å². The van der Waals surface area contributed by atoms with Crippen molar-refractivity contribution in [3.05, 3.63) is 35.9 Å². The van der Waals surface area contributed by atoms with E-state index in [9.17, 15) is 9.90 Å². The van der Waals surface area contributed by atoms with E-state index >= 15 is 0 Å². The number of thioether (sulfide) groups is 1. The van der Waals surface area contributed by atoms with Crippen LogP contribution in [0.25, 0.3) is 0 Å². The van der Waals surface area contributed by atoms with Crippen LogP contribution in [0.3, 0.4) is 0 Å². The van der Waals surface area contributed by atoms with Crippen molar-refractivity contribution in [1.82, 2.24) is 5.32 Å². The van der Waals surface area contributed by atoms with E-state index in [1.54, 1.807) is 11.8 Å². The number of carboxylic acids is 1. The summed E-state index contributed by atoms with van der Waals surface area (Å²) in [6.45, 7) is 6.94. The molecule has 0 spiro atoms. The maximum absolute atomic E-state index is 11.9. The monoisotopic (exact) mass is 295 g/mol. The highest BCUT2D eigenvalue weighted by atomic mass is 32.2. The fourth-order valence-corrected chi connectivity index (χ4v) is 3.51. The van der Waals surface area contributed by atoms with Gasteiger partial charge < -0.3 is 5.11 Å². The largest absolute Gasteiger partial charge is 0.480 e. The molecule has 2 atom stereocenters. The molecule has 112 valence electrons. The summed E-state index contributed by atoms with van der Waals surface area (Å²) in [6.07, 6.45) is 1.12. The summed E-state index contributed by atoms with van der Waals surface area (Å²) in [5.41, 5.74) is -0.167. The number of aliphatic carboxylic acids is 1. The zero-order valence-electron chi connectivity index (χ0n) is 12.6. The maximum atomic E-state index is 11.9. The van der Waals surface area contributed by atoms with Gasteiger partial charge in [-0.2, -0.15) is 11.8 Å². The molecule has 1 aromatic rings. The standard InChI is InChI=1S/C16H25NO2S/c1-4-13(3)11-20-12-16(15(18)19,17-5-2)14-9-7-6-8-10-14/h6-10,13,17H,4-5,11-12H2,1-3H3,(H,18,19). The Labute approximate surface area is 126 Å². The maximum Gasteiger partial charge on any atom is 0.329 e. The predicted octanol–water partition coefficient (Wildman–Crippen LogP) is 3.36. The zero-order valence-corrected chi connectivity index (χ0v) is 13.4. The molecule has 0 aliphatic rings. The van der Waals surface area contributed by atoms with Gasteiger partial charge >= 0.3 is 5.97 Å². The van der Waals surface area contributed by atoms with E-state index in [1.807, 2.05) is 37.3 Å². The summed E-state index contributed by atoms with van der Waals surface area (Å²) < 4.78 is 0. The molecule has 0 saturated carbocycles. The van der Waals surface area contributed by atoms with E-state index in [-0.39, 0.29) is 0 Å². The number of carboxylic acid groups (broad SMARTS) is 1. The highest BCUT2D eigenvalue weighted by Gasteiger charge is 2.39. The summed E-state index contributed by atoms with van der Waals surface area (Å²) in [6, 6.07) is 9.48. The molecular weight excluding hydrogens is 270 g/mol. The number of hydrogen-bond acceptors (Lipinski definition) is 3. The van der Waals surface area contributed by atoms with Gasteiger partial charge in [0.2, 0.25) is 0 Å². The summed E-state index contributed by atoms with van der Waals surface area (Å²) in [5.74, 6) is 1.35. The molecule has 2 N–H and O–H groups in total. The molecular formula is C16H25NO2S. The van der Waals surface area contributed by atoms with Crippen LogP contribution in [0.2, 0.25) is 0 Å². The fraction of sp³-hybridized carbons (Fsp3) is 0.562. The molecule has 0 heterocycles. The third kappa shape index (κ3) is 4.25. The van der Waals surface area contributed by atoms with Gasteiger partial charge in [0.05, 0.1) is 0 Å². The normalized spacial score (nSPS) is 15.6. The molecule has 0 aliphatic carbocycles. The third-order valence-corrected chi connectivity index (χ3v) is 4.97. The van der Waals surface area contributed by atoms with Crippen molar-refractivity contribution >= 4 is 17.7 Å². The highest BCUT2D eigenvalue weighted by molar-refractivity contribution is 7.99. The fourth-order valence-electron chi connectivity index (χ4n) is 2.05. The van der Waals surface area contributed by atoms with Crippen molar-refractivity contribution in [3.8, 4) is 0 Å². The molecule has 1 rings (SSSR count). The van der Waals surface area contributed by atoms with Crippen molar-refractivity contribution in [2.45, 2.75) is 32.7 Å². The lowest BCUT2D eigenvalue weighted by atomic mass is 9.92. The first-order valence-corrected chi connectivity index (χ1v) is 8.34. The lowest BCUT2D eigenvalue weighted by Crippen LogP contribution is -2.51. The summed E-state index contributed by atoms with van der Waals surface area (Å²) in [5, 5.41) is 12.9. The molecule has 4 heteroatoms. The lowest BCUT2D eigenvalue weighted by Gasteiger charge is -2.31. The Morgan fingerprint density at radius 2 is 2.00 bits per heavy atom. The van der Waals surface area contributed by atoms with E-state index in [4.69, 9.17) is 0 Å². The van der Waals surface area contributed by atoms with Gasteiger partial charge in [-0.15, -0.1) is 0 Å². The molecule has 0 radical (unpaired) electrons. The minimum Gasteiger partial charge on any atom is -0.480 e. The van der Waals surface area contributed by atoms with Gasteiger partial charge in [0.15, 0.2) is 5.54 Å². The first-order valence-electron chi connectivity index (χ1n) is 7.18. The van der Waals surface area contributed by atoms with Crippen LogP contribution >= 0.6 is 11.8 Å². The number of benzene rings is 1. The minimum absolute atomic E-state index is 0.546. The lowest BCUT2D eigenvalue weighted by molar-refractivity contribution is -0.144. The number of likely N-dealkylation sites (N-methyl/N-ethyl adjacent to an activating group) is 1. The van der Waals surface area contributed by atoms with Crippen molar-refractivity contribution < 1.29 is 9.90 Å². The summed E-state index contributed by atoms with van der Waals surface area (Å²) in [7, 11) is 0. The van der Waals surface area contributed by atoms with Crippen LogP contribution in [-0.2, 0) is 10.3 Å².